The topological polar surface area (TPSA) is 62.3 Å². The summed E-state index contributed by atoms with van der Waals surface area (Å²) in [5.41, 5.74) is 2.02. The molecule has 0 radical (unpaired) electrons. The highest BCUT2D eigenvalue weighted by Gasteiger charge is 2.23. The second kappa shape index (κ2) is 10.7. The van der Waals surface area contributed by atoms with Crippen LogP contribution in [0, 0.1) is 11.7 Å². The number of amides is 2. The molecule has 2 heterocycles. The molecule has 2 aromatic rings. The van der Waals surface area contributed by atoms with Crippen molar-refractivity contribution in [1.82, 2.24) is 15.2 Å². The number of nitrogens with zero attached hydrogens (tertiary/aromatic N) is 2. The summed E-state index contributed by atoms with van der Waals surface area (Å²) in [7, 11) is 0. The third-order valence-electron chi connectivity index (χ3n) is 5.53. The SMILES string of the molecule is O=C(CCC1CCN(C(=O)CCc2ccncc2)CC1)NCc1ccc(F)cc1. The van der Waals surface area contributed by atoms with Crippen molar-refractivity contribution in [3.8, 4) is 0 Å². The number of pyridine rings is 1. The van der Waals surface area contributed by atoms with Crippen LogP contribution in [-0.2, 0) is 22.6 Å². The second-order valence-electron chi connectivity index (χ2n) is 7.62. The van der Waals surface area contributed by atoms with Crippen molar-refractivity contribution in [2.45, 2.75) is 45.1 Å². The number of hydrogen-bond donors (Lipinski definition) is 1. The lowest BCUT2D eigenvalue weighted by molar-refractivity contribution is -0.132. The Kier molecular flexibility index (Phi) is 7.73. The minimum atomic E-state index is -0.276. The van der Waals surface area contributed by atoms with E-state index in [2.05, 4.69) is 10.3 Å². The van der Waals surface area contributed by atoms with Gasteiger partial charge in [-0.2, -0.15) is 0 Å². The molecular weight excluding hydrogens is 369 g/mol. The molecule has 1 aromatic heterocycles. The van der Waals surface area contributed by atoms with E-state index in [1.54, 1.807) is 24.5 Å². The standard InChI is InChI=1S/C23H28FN3O2/c24-21-5-1-20(2-6-21)17-26-22(28)7-3-19-11-15-27(16-12-19)23(29)8-4-18-9-13-25-14-10-18/h1-2,5-6,9-10,13-14,19H,3-4,7-8,11-12,15-17H2,(H,26,28). The third kappa shape index (κ3) is 6.97. The van der Waals surface area contributed by atoms with Crippen LogP contribution in [0.25, 0.3) is 0 Å². The number of carbonyl (C=O) groups excluding carboxylic acids is 2. The average molecular weight is 397 g/mol. The Bertz CT molecular complexity index is 788. The first-order chi connectivity index (χ1) is 14.1. The molecule has 0 saturated carbocycles. The predicted molar refractivity (Wildman–Crippen MR) is 109 cm³/mol. The molecule has 29 heavy (non-hydrogen) atoms. The van der Waals surface area contributed by atoms with Crippen molar-refractivity contribution < 1.29 is 14.0 Å². The Morgan fingerprint density at radius 3 is 2.38 bits per heavy atom. The fourth-order valence-corrected chi connectivity index (χ4v) is 3.66. The smallest absolute Gasteiger partial charge is 0.222 e. The Balaban J connectivity index is 1.30. The first-order valence-corrected chi connectivity index (χ1v) is 10.3. The van der Waals surface area contributed by atoms with Gasteiger partial charge in [0.05, 0.1) is 0 Å². The van der Waals surface area contributed by atoms with Gasteiger partial charge in [0, 0.05) is 44.9 Å². The Hall–Kier alpha value is -2.76. The molecule has 1 aliphatic heterocycles. The Morgan fingerprint density at radius 1 is 1.00 bits per heavy atom. The molecule has 3 rings (SSSR count). The van der Waals surface area contributed by atoms with Crippen LogP contribution in [0.3, 0.4) is 0 Å². The number of likely N-dealkylation sites (tertiary alicyclic amines) is 1. The number of halogens is 1. The summed E-state index contributed by atoms with van der Waals surface area (Å²) in [5, 5.41) is 2.89. The van der Waals surface area contributed by atoms with Crippen molar-refractivity contribution in [2.75, 3.05) is 13.1 Å². The van der Waals surface area contributed by atoms with Crippen LogP contribution in [0.2, 0.25) is 0 Å². The van der Waals surface area contributed by atoms with Gasteiger partial charge in [-0.1, -0.05) is 12.1 Å². The molecule has 2 amide bonds. The lowest BCUT2D eigenvalue weighted by Crippen LogP contribution is -2.38. The maximum atomic E-state index is 12.9. The van der Waals surface area contributed by atoms with E-state index in [0.717, 1.165) is 49.9 Å². The first-order valence-electron chi connectivity index (χ1n) is 10.3. The molecule has 0 bridgehead atoms. The van der Waals surface area contributed by atoms with Gasteiger partial charge in [-0.3, -0.25) is 14.6 Å². The molecule has 0 atom stereocenters. The van der Waals surface area contributed by atoms with Gasteiger partial charge in [0.15, 0.2) is 0 Å². The summed E-state index contributed by atoms with van der Waals surface area (Å²) in [6, 6.07) is 10.0. The van der Waals surface area contributed by atoms with Crippen LogP contribution < -0.4 is 5.32 Å². The largest absolute Gasteiger partial charge is 0.352 e. The highest BCUT2D eigenvalue weighted by Crippen LogP contribution is 2.22. The number of aromatic nitrogens is 1. The number of nitrogens with one attached hydrogen (secondary N) is 1. The zero-order valence-electron chi connectivity index (χ0n) is 16.6. The van der Waals surface area contributed by atoms with Crippen LogP contribution in [0.5, 0.6) is 0 Å². The van der Waals surface area contributed by atoms with Gasteiger partial charge in [-0.15, -0.1) is 0 Å². The normalized spacial score (nSPS) is 14.6. The van der Waals surface area contributed by atoms with E-state index in [4.69, 9.17) is 0 Å². The van der Waals surface area contributed by atoms with E-state index in [1.165, 1.54) is 12.1 Å². The minimum Gasteiger partial charge on any atom is -0.352 e. The maximum absolute atomic E-state index is 12.9. The fraction of sp³-hybridized carbons (Fsp3) is 0.435. The zero-order valence-corrected chi connectivity index (χ0v) is 16.6. The highest BCUT2D eigenvalue weighted by molar-refractivity contribution is 5.76. The summed E-state index contributed by atoms with van der Waals surface area (Å²) in [4.78, 5) is 30.4. The van der Waals surface area contributed by atoms with Gasteiger partial charge >= 0.3 is 0 Å². The third-order valence-corrected chi connectivity index (χ3v) is 5.53. The van der Waals surface area contributed by atoms with Crippen molar-refractivity contribution in [1.29, 1.82) is 0 Å². The van der Waals surface area contributed by atoms with E-state index >= 15 is 0 Å². The summed E-state index contributed by atoms with van der Waals surface area (Å²) in [6.07, 6.45) is 8.01. The molecule has 1 fully saturated rings. The van der Waals surface area contributed by atoms with Crippen molar-refractivity contribution in [2.24, 2.45) is 5.92 Å². The second-order valence-corrected chi connectivity index (χ2v) is 7.62. The summed E-state index contributed by atoms with van der Waals surface area (Å²) in [5.74, 6) is 0.431. The van der Waals surface area contributed by atoms with Gasteiger partial charge < -0.3 is 10.2 Å². The summed E-state index contributed by atoms with van der Waals surface area (Å²) in [6.45, 7) is 1.97. The van der Waals surface area contributed by atoms with Crippen molar-refractivity contribution >= 4 is 11.8 Å². The molecule has 154 valence electrons. The molecule has 1 aliphatic rings. The quantitative estimate of drug-likeness (QED) is 0.742. The first kappa shape index (κ1) is 21.0. The average Bonchev–Trinajstić information content (AvgIpc) is 2.76. The van der Waals surface area contributed by atoms with Gasteiger partial charge in [-0.05, 0) is 67.0 Å². The van der Waals surface area contributed by atoms with Crippen LogP contribution in [0.4, 0.5) is 4.39 Å². The Morgan fingerprint density at radius 2 is 1.69 bits per heavy atom. The van der Waals surface area contributed by atoms with Crippen LogP contribution in [-0.4, -0.2) is 34.8 Å². The molecule has 5 nitrogen and oxygen atoms in total. The predicted octanol–water partition coefficient (Wildman–Crippen LogP) is 3.49. The molecule has 1 saturated heterocycles. The van der Waals surface area contributed by atoms with Crippen LogP contribution >= 0.6 is 0 Å². The molecule has 0 spiro atoms. The van der Waals surface area contributed by atoms with Crippen LogP contribution in [0.15, 0.2) is 48.8 Å². The van der Waals surface area contributed by atoms with Crippen molar-refractivity contribution in [3.05, 3.63) is 65.7 Å². The van der Waals surface area contributed by atoms with E-state index in [1.807, 2.05) is 17.0 Å². The molecule has 6 heteroatoms. The Labute approximate surface area is 171 Å². The number of aryl methyl sites for hydroxylation is 1. The van der Waals surface area contributed by atoms with E-state index in [0.29, 0.717) is 25.3 Å². The summed E-state index contributed by atoms with van der Waals surface area (Å²) >= 11 is 0. The summed E-state index contributed by atoms with van der Waals surface area (Å²) < 4.78 is 12.9. The van der Waals surface area contributed by atoms with Gasteiger partial charge in [-0.25, -0.2) is 4.39 Å². The molecule has 0 unspecified atom stereocenters. The molecule has 0 aliphatic carbocycles. The number of carbonyl (C=O) groups is 2. The van der Waals surface area contributed by atoms with Gasteiger partial charge in [0.25, 0.3) is 0 Å². The lowest BCUT2D eigenvalue weighted by Gasteiger charge is -2.32. The van der Waals surface area contributed by atoms with Crippen molar-refractivity contribution in [3.63, 3.8) is 0 Å². The van der Waals surface area contributed by atoms with Gasteiger partial charge in [0.1, 0.15) is 5.82 Å². The lowest BCUT2D eigenvalue weighted by atomic mass is 9.91. The number of benzene rings is 1. The minimum absolute atomic E-state index is 0.0187. The number of piperidine rings is 1. The monoisotopic (exact) mass is 397 g/mol. The molecule has 1 aromatic carbocycles. The zero-order chi connectivity index (χ0) is 20.5. The van der Waals surface area contributed by atoms with Crippen LogP contribution in [0.1, 0.15) is 43.2 Å². The molecular formula is C23H28FN3O2. The van der Waals surface area contributed by atoms with E-state index < -0.39 is 0 Å². The number of rotatable bonds is 8. The highest BCUT2D eigenvalue weighted by atomic mass is 19.1. The maximum Gasteiger partial charge on any atom is 0.222 e. The van der Waals surface area contributed by atoms with E-state index in [9.17, 15) is 14.0 Å². The fourth-order valence-electron chi connectivity index (χ4n) is 3.66. The molecule has 1 N–H and O–H groups in total. The van der Waals surface area contributed by atoms with E-state index in [-0.39, 0.29) is 17.6 Å². The number of hydrogen-bond acceptors (Lipinski definition) is 3. The van der Waals surface area contributed by atoms with Gasteiger partial charge in [0.2, 0.25) is 11.8 Å².